The quantitative estimate of drug-likeness (QED) is 0.892. The lowest BCUT2D eigenvalue weighted by atomic mass is 9.98. The van der Waals surface area contributed by atoms with E-state index in [0.717, 1.165) is 18.6 Å². The van der Waals surface area contributed by atoms with Gasteiger partial charge in [0.05, 0.1) is 0 Å². The van der Waals surface area contributed by atoms with Crippen molar-refractivity contribution in [3.05, 3.63) is 16.1 Å². The van der Waals surface area contributed by atoms with E-state index < -0.39 is 0 Å². The molecule has 3 heterocycles. The van der Waals surface area contributed by atoms with E-state index >= 15 is 0 Å². The minimum atomic E-state index is 0.702. The molecule has 2 atom stereocenters. The molecule has 1 N–H and O–H groups in total. The molecule has 2 unspecified atom stereocenters. The predicted molar refractivity (Wildman–Crippen MR) is 71.3 cm³/mol. The Morgan fingerprint density at radius 2 is 2.12 bits per heavy atom. The third kappa shape index (κ3) is 2.39. The molecule has 0 radical (unpaired) electrons. The molecular weight excluding hydrogens is 230 g/mol. The van der Waals surface area contributed by atoms with Crippen LogP contribution in [0.5, 0.6) is 0 Å². The van der Waals surface area contributed by atoms with Crippen molar-refractivity contribution in [3.8, 4) is 0 Å². The number of hydrogen-bond donors (Lipinski definition) is 1. The molecule has 0 saturated carbocycles. The van der Waals surface area contributed by atoms with Gasteiger partial charge < -0.3 is 10.2 Å². The van der Waals surface area contributed by atoms with E-state index in [1.165, 1.54) is 35.6 Å². The number of nitrogens with one attached hydrogen (secondary N) is 1. The maximum absolute atomic E-state index is 4.41. The molecule has 2 saturated heterocycles. The van der Waals surface area contributed by atoms with Crippen LogP contribution in [0, 0.1) is 6.92 Å². The van der Waals surface area contributed by atoms with Crippen molar-refractivity contribution in [1.29, 1.82) is 0 Å². The molecule has 0 aliphatic carbocycles. The minimum Gasteiger partial charge on any atom is -0.308 e. The maximum Gasteiger partial charge on any atom is 0.107 e. The number of piperidine rings is 1. The zero-order valence-corrected chi connectivity index (χ0v) is 11.5. The average Bonchev–Trinajstić information content (AvgIpc) is 2.78. The fourth-order valence-corrected chi connectivity index (χ4v) is 4.03. The molecule has 0 amide bonds. The van der Waals surface area contributed by atoms with Gasteiger partial charge in [0.15, 0.2) is 0 Å². The van der Waals surface area contributed by atoms with Crippen LogP contribution in [0.3, 0.4) is 0 Å². The second-order valence-electron chi connectivity index (χ2n) is 5.46. The monoisotopic (exact) mass is 251 g/mol. The van der Waals surface area contributed by atoms with Crippen LogP contribution in [0.1, 0.15) is 35.6 Å². The Bertz CT molecular complexity index is 376. The van der Waals surface area contributed by atoms with Crippen molar-refractivity contribution in [2.24, 2.45) is 0 Å². The van der Waals surface area contributed by atoms with E-state index in [9.17, 15) is 0 Å². The summed E-state index contributed by atoms with van der Waals surface area (Å²) in [5.41, 5.74) is 0. The molecule has 0 aromatic carbocycles. The lowest BCUT2D eigenvalue weighted by Crippen LogP contribution is -2.46. The van der Waals surface area contributed by atoms with Crippen LogP contribution in [-0.4, -0.2) is 35.1 Å². The summed E-state index contributed by atoms with van der Waals surface area (Å²) in [7, 11) is 2.29. The number of thiazole rings is 1. The van der Waals surface area contributed by atoms with Crippen molar-refractivity contribution < 1.29 is 0 Å². The van der Waals surface area contributed by atoms with Crippen molar-refractivity contribution in [2.75, 3.05) is 7.05 Å². The van der Waals surface area contributed by atoms with Gasteiger partial charge >= 0.3 is 0 Å². The fourth-order valence-electron chi connectivity index (χ4n) is 3.29. The lowest BCUT2D eigenvalue weighted by Gasteiger charge is -2.36. The van der Waals surface area contributed by atoms with Gasteiger partial charge in [-0.2, -0.15) is 0 Å². The fraction of sp³-hybridized carbons (Fsp3) is 0.769. The minimum absolute atomic E-state index is 0.702. The summed E-state index contributed by atoms with van der Waals surface area (Å²) >= 11 is 1.81. The highest BCUT2D eigenvalue weighted by Crippen LogP contribution is 2.34. The molecule has 94 valence electrons. The summed E-state index contributed by atoms with van der Waals surface area (Å²) in [5, 5.41) is 4.92. The van der Waals surface area contributed by atoms with Gasteiger partial charge in [0.1, 0.15) is 5.01 Å². The van der Waals surface area contributed by atoms with E-state index in [0.29, 0.717) is 6.04 Å². The van der Waals surface area contributed by atoms with E-state index in [2.05, 4.69) is 29.2 Å². The molecule has 4 heteroatoms. The van der Waals surface area contributed by atoms with Crippen LogP contribution in [0.4, 0.5) is 0 Å². The van der Waals surface area contributed by atoms with Crippen LogP contribution >= 0.6 is 11.3 Å². The summed E-state index contributed by atoms with van der Waals surface area (Å²) in [4.78, 5) is 8.31. The number of fused-ring (bicyclic) bond motifs is 2. The van der Waals surface area contributed by atoms with Crippen LogP contribution < -0.4 is 5.32 Å². The van der Waals surface area contributed by atoms with Gasteiger partial charge in [-0.1, -0.05) is 0 Å². The SMILES string of the molecule is Cc1cnc(CNC2CC3CCC(C2)N3C)s1. The van der Waals surface area contributed by atoms with Gasteiger partial charge in [-0.25, -0.2) is 4.98 Å². The molecule has 2 aliphatic heterocycles. The van der Waals surface area contributed by atoms with Gasteiger partial charge in [-0.05, 0) is 39.7 Å². The Kier molecular flexibility index (Phi) is 3.19. The smallest absolute Gasteiger partial charge is 0.107 e. The van der Waals surface area contributed by atoms with Crippen LogP contribution in [0.2, 0.25) is 0 Å². The van der Waals surface area contributed by atoms with E-state index in [-0.39, 0.29) is 0 Å². The molecule has 2 aliphatic rings. The van der Waals surface area contributed by atoms with Gasteiger partial charge in [0.25, 0.3) is 0 Å². The molecule has 3 nitrogen and oxygen atoms in total. The first kappa shape index (κ1) is 11.6. The summed E-state index contributed by atoms with van der Waals surface area (Å²) < 4.78 is 0. The molecule has 3 rings (SSSR count). The van der Waals surface area contributed by atoms with Gasteiger partial charge in [-0.3, -0.25) is 0 Å². The number of rotatable bonds is 3. The second kappa shape index (κ2) is 4.67. The summed E-state index contributed by atoms with van der Waals surface area (Å²) in [6, 6.07) is 2.35. The summed E-state index contributed by atoms with van der Waals surface area (Å²) in [6.07, 6.45) is 7.40. The van der Waals surface area contributed by atoms with Crippen molar-refractivity contribution >= 4 is 11.3 Å². The van der Waals surface area contributed by atoms with Gasteiger partial charge in [-0.15, -0.1) is 11.3 Å². The van der Waals surface area contributed by atoms with Gasteiger partial charge in [0.2, 0.25) is 0 Å². The predicted octanol–water partition coefficient (Wildman–Crippen LogP) is 2.17. The van der Waals surface area contributed by atoms with Crippen LogP contribution in [-0.2, 0) is 6.54 Å². The van der Waals surface area contributed by atoms with Crippen LogP contribution in [0.15, 0.2) is 6.20 Å². The van der Waals surface area contributed by atoms with Crippen LogP contribution in [0.25, 0.3) is 0 Å². The number of aryl methyl sites for hydroxylation is 1. The highest BCUT2D eigenvalue weighted by atomic mass is 32.1. The molecule has 0 spiro atoms. The maximum atomic E-state index is 4.41. The van der Waals surface area contributed by atoms with E-state index in [4.69, 9.17) is 0 Å². The topological polar surface area (TPSA) is 28.2 Å². The molecular formula is C13H21N3S. The van der Waals surface area contributed by atoms with Gasteiger partial charge in [0, 0.05) is 35.7 Å². The Morgan fingerprint density at radius 3 is 2.71 bits per heavy atom. The first-order chi connectivity index (χ1) is 8.22. The largest absolute Gasteiger partial charge is 0.308 e. The summed E-state index contributed by atoms with van der Waals surface area (Å²) in [5.74, 6) is 0. The Morgan fingerprint density at radius 1 is 1.41 bits per heavy atom. The molecule has 2 bridgehead atoms. The van der Waals surface area contributed by atoms with Crippen molar-refractivity contribution in [2.45, 2.75) is 57.3 Å². The highest BCUT2D eigenvalue weighted by Gasteiger charge is 2.38. The first-order valence-electron chi connectivity index (χ1n) is 6.59. The third-order valence-corrected chi connectivity index (χ3v) is 5.22. The third-order valence-electron chi connectivity index (χ3n) is 4.31. The normalized spacial score (nSPS) is 33.2. The van der Waals surface area contributed by atoms with Crippen molar-refractivity contribution in [1.82, 2.24) is 15.2 Å². The standard InChI is InChI=1S/C13H21N3S/c1-9-7-15-13(17-9)8-14-10-5-11-3-4-12(6-10)16(11)2/h7,10-12,14H,3-6,8H2,1-2H3. The second-order valence-corrected chi connectivity index (χ2v) is 6.78. The zero-order chi connectivity index (χ0) is 11.8. The lowest BCUT2D eigenvalue weighted by molar-refractivity contribution is 0.148. The molecule has 1 aromatic rings. The van der Waals surface area contributed by atoms with E-state index in [1.807, 2.05) is 17.5 Å². The number of hydrogen-bond acceptors (Lipinski definition) is 4. The molecule has 17 heavy (non-hydrogen) atoms. The Balaban J connectivity index is 1.54. The number of aromatic nitrogens is 1. The Labute approximate surface area is 107 Å². The first-order valence-corrected chi connectivity index (χ1v) is 7.40. The van der Waals surface area contributed by atoms with E-state index in [1.54, 1.807) is 0 Å². The Hall–Kier alpha value is -0.450. The zero-order valence-electron chi connectivity index (χ0n) is 10.6. The highest BCUT2D eigenvalue weighted by molar-refractivity contribution is 7.11. The van der Waals surface area contributed by atoms with Crippen molar-refractivity contribution in [3.63, 3.8) is 0 Å². The molecule has 2 fully saturated rings. The molecule has 1 aromatic heterocycles. The summed E-state index contributed by atoms with van der Waals surface area (Å²) in [6.45, 7) is 3.07. The number of nitrogens with zero attached hydrogens (tertiary/aromatic N) is 2. The average molecular weight is 251 g/mol.